The first-order valence-corrected chi connectivity index (χ1v) is 9.34. The average molecular weight is 371 g/mol. The molecule has 2 aliphatic rings. The summed E-state index contributed by atoms with van der Waals surface area (Å²) in [5, 5.41) is 12.1. The lowest BCUT2D eigenvalue weighted by Gasteiger charge is -2.14. The van der Waals surface area contributed by atoms with Crippen LogP contribution in [0.4, 0.5) is 0 Å². The van der Waals surface area contributed by atoms with Crippen LogP contribution in [-0.2, 0) is 25.6 Å². The van der Waals surface area contributed by atoms with Gasteiger partial charge in [-0.25, -0.2) is 4.79 Å². The molecular weight excluding hydrogens is 346 g/mol. The van der Waals surface area contributed by atoms with E-state index in [4.69, 9.17) is 9.47 Å². The molecule has 7 heteroatoms. The van der Waals surface area contributed by atoms with Gasteiger partial charge in [0.05, 0.1) is 6.10 Å². The number of aryl methyl sites for hydroxylation is 1. The normalized spacial score (nSPS) is 19.6. The molecule has 1 aliphatic carbocycles. The minimum Gasteiger partial charge on any atom is -0.451 e. The van der Waals surface area contributed by atoms with Crippen LogP contribution in [0.5, 0.6) is 0 Å². The Morgan fingerprint density at radius 3 is 2.81 bits per heavy atom. The highest BCUT2D eigenvalue weighted by atomic mass is 16.5. The van der Waals surface area contributed by atoms with Gasteiger partial charge in [-0.3, -0.25) is 4.79 Å². The van der Waals surface area contributed by atoms with Crippen LogP contribution in [0.25, 0.3) is 6.08 Å². The molecule has 0 radical (unpaired) electrons. The fourth-order valence-electron chi connectivity index (χ4n) is 3.24. The second kappa shape index (κ2) is 8.40. The zero-order valence-electron chi connectivity index (χ0n) is 15.8. The zero-order chi connectivity index (χ0) is 19.4. The molecule has 0 bridgehead atoms. The summed E-state index contributed by atoms with van der Waals surface area (Å²) in [6, 6.07) is 4.02. The van der Waals surface area contributed by atoms with Gasteiger partial charge in [-0.15, -0.1) is 0 Å². The average Bonchev–Trinajstić information content (AvgIpc) is 3.23. The van der Waals surface area contributed by atoms with Crippen molar-refractivity contribution in [2.24, 2.45) is 0 Å². The molecule has 1 saturated heterocycles. The second-order valence-electron chi connectivity index (χ2n) is 7.16. The van der Waals surface area contributed by atoms with E-state index in [0.717, 1.165) is 55.8 Å². The van der Waals surface area contributed by atoms with E-state index in [2.05, 4.69) is 9.88 Å². The topological polar surface area (TPSA) is 93.4 Å². The zero-order valence-corrected chi connectivity index (χ0v) is 15.8. The predicted molar refractivity (Wildman–Crippen MR) is 98.6 cm³/mol. The van der Waals surface area contributed by atoms with Crippen LogP contribution in [0.1, 0.15) is 42.6 Å². The molecule has 0 spiro atoms. The summed E-state index contributed by atoms with van der Waals surface area (Å²) in [5.74, 6) is -1.12. The molecular formula is C20H25N3O4. The summed E-state index contributed by atoms with van der Waals surface area (Å²) >= 11 is 0. The van der Waals surface area contributed by atoms with Gasteiger partial charge in [0.15, 0.2) is 6.61 Å². The first-order valence-electron chi connectivity index (χ1n) is 9.34. The molecule has 1 saturated carbocycles. The molecule has 2 fully saturated rings. The Labute approximate surface area is 158 Å². The first kappa shape index (κ1) is 19.2. The summed E-state index contributed by atoms with van der Waals surface area (Å²) in [7, 11) is 0. The van der Waals surface area contributed by atoms with E-state index in [1.807, 2.05) is 26.0 Å². The van der Waals surface area contributed by atoms with Gasteiger partial charge in [0, 0.05) is 30.6 Å². The molecule has 1 aromatic heterocycles. The van der Waals surface area contributed by atoms with Crippen LogP contribution in [0.3, 0.4) is 0 Å². The SMILES string of the molecule is Cc1cc(/C=C(\C#N)C(=O)OCC(=O)NC2CC2)c(C)n1C[C@H]1CCCO1. The van der Waals surface area contributed by atoms with E-state index in [-0.39, 0.29) is 30.2 Å². The van der Waals surface area contributed by atoms with Crippen molar-refractivity contribution in [3.63, 3.8) is 0 Å². The minimum atomic E-state index is -0.785. The van der Waals surface area contributed by atoms with Crippen molar-refractivity contribution in [3.05, 3.63) is 28.6 Å². The highest BCUT2D eigenvalue weighted by Crippen LogP contribution is 2.22. The van der Waals surface area contributed by atoms with Gasteiger partial charge in [-0.1, -0.05) is 0 Å². The maximum atomic E-state index is 12.1. The summed E-state index contributed by atoms with van der Waals surface area (Å²) in [6.07, 6.45) is 5.78. The molecule has 1 aromatic rings. The fraction of sp³-hybridized carbons (Fsp3) is 0.550. The van der Waals surface area contributed by atoms with Crippen LogP contribution in [0.15, 0.2) is 11.6 Å². The lowest BCUT2D eigenvalue weighted by molar-refractivity contribution is -0.144. The second-order valence-corrected chi connectivity index (χ2v) is 7.16. The van der Waals surface area contributed by atoms with E-state index in [1.54, 1.807) is 0 Å². The lowest BCUT2D eigenvalue weighted by Crippen LogP contribution is -2.30. The molecule has 2 heterocycles. The number of amides is 1. The van der Waals surface area contributed by atoms with E-state index < -0.39 is 5.97 Å². The van der Waals surface area contributed by atoms with Gasteiger partial charge in [0.1, 0.15) is 11.6 Å². The first-order chi connectivity index (χ1) is 13.0. The Kier molecular flexibility index (Phi) is 5.97. The van der Waals surface area contributed by atoms with Crippen molar-refractivity contribution in [2.45, 2.75) is 58.2 Å². The molecule has 27 heavy (non-hydrogen) atoms. The molecule has 3 rings (SSSR count). The third-order valence-electron chi connectivity index (χ3n) is 4.94. The molecule has 0 aromatic carbocycles. The number of esters is 1. The van der Waals surface area contributed by atoms with E-state index in [0.29, 0.717) is 0 Å². The van der Waals surface area contributed by atoms with Gasteiger partial charge in [0.25, 0.3) is 5.91 Å². The Morgan fingerprint density at radius 2 is 2.19 bits per heavy atom. The predicted octanol–water partition coefficient (Wildman–Crippen LogP) is 2.01. The van der Waals surface area contributed by atoms with Crippen LogP contribution in [-0.4, -0.2) is 41.8 Å². The summed E-state index contributed by atoms with van der Waals surface area (Å²) in [5.41, 5.74) is 2.69. The lowest BCUT2D eigenvalue weighted by atomic mass is 10.1. The van der Waals surface area contributed by atoms with Crippen molar-refractivity contribution < 1.29 is 19.1 Å². The van der Waals surface area contributed by atoms with Crippen LogP contribution in [0.2, 0.25) is 0 Å². The van der Waals surface area contributed by atoms with Crippen molar-refractivity contribution in [1.82, 2.24) is 9.88 Å². The molecule has 1 aliphatic heterocycles. The van der Waals surface area contributed by atoms with Gasteiger partial charge < -0.3 is 19.4 Å². The Hall–Kier alpha value is -2.59. The number of hydrogen-bond acceptors (Lipinski definition) is 5. The van der Waals surface area contributed by atoms with Gasteiger partial charge in [0.2, 0.25) is 0 Å². The monoisotopic (exact) mass is 371 g/mol. The smallest absolute Gasteiger partial charge is 0.349 e. The molecule has 1 atom stereocenters. The molecule has 1 N–H and O–H groups in total. The van der Waals surface area contributed by atoms with Gasteiger partial charge >= 0.3 is 5.97 Å². The largest absolute Gasteiger partial charge is 0.451 e. The van der Waals surface area contributed by atoms with Crippen molar-refractivity contribution in [3.8, 4) is 6.07 Å². The third-order valence-corrected chi connectivity index (χ3v) is 4.94. The standard InChI is InChI=1S/C20H25N3O4/c1-13-8-15(14(2)23(13)11-18-4-3-7-26-18)9-16(10-21)20(25)27-12-19(24)22-17-5-6-17/h8-9,17-18H,3-7,11-12H2,1-2H3,(H,22,24)/b16-9+/t18-/m1/s1. The van der Waals surface area contributed by atoms with Crippen LogP contribution >= 0.6 is 0 Å². The van der Waals surface area contributed by atoms with Crippen LogP contribution in [0, 0.1) is 25.2 Å². The van der Waals surface area contributed by atoms with E-state index in [1.165, 1.54) is 6.08 Å². The molecule has 0 unspecified atom stereocenters. The highest BCUT2D eigenvalue weighted by molar-refractivity contribution is 5.99. The quantitative estimate of drug-likeness (QED) is 0.450. The minimum absolute atomic E-state index is 0.119. The fourth-order valence-corrected chi connectivity index (χ4v) is 3.24. The van der Waals surface area contributed by atoms with Gasteiger partial charge in [-0.05, 0) is 57.2 Å². The number of nitrogens with zero attached hydrogens (tertiary/aromatic N) is 2. The Balaban J connectivity index is 1.66. The number of carbonyl (C=O) groups excluding carboxylic acids is 2. The summed E-state index contributed by atoms with van der Waals surface area (Å²) < 4.78 is 12.8. The highest BCUT2D eigenvalue weighted by Gasteiger charge is 2.24. The summed E-state index contributed by atoms with van der Waals surface area (Å²) in [6.45, 7) is 5.14. The van der Waals surface area contributed by atoms with E-state index >= 15 is 0 Å². The summed E-state index contributed by atoms with van der Waals surface area (Å²) in [4.78, 5) is 23.8. The maximum Gasteiger partial charge on any atom is 0.349 e. The third kappa shape index (κ3) is 4.98. The number of rotatable bonds is 7. The number of nitriles is 1. The number of ether oxygens (including phenoxy) is 2. The molecule has 7 nitrogen and oxygen atoms in total. The number of aromatic nitrogens is 1. The number of carbonyl (C=O) groups is 2. The van der Waals surface area contributed by atoms with Crippen molar-refractivity contribution >= 4 is 18.0 Å². The van der Waals surface area contributed by atoms with Crippen molar-refractivity contribution in [2.75, 3.05) is 13.2 Å². The maximum absolute atomic E-state index is 12.1. The Bertz CT molecular complexity index is 793. The molecule has 144 valence electrons. The number of nitrogens with one attached hydrogen (secondary N) is 1. The van der Waals surface area contributed by atoms with Crippen LogP contribution < -0.4 is 5.32 Å². The van der Waals surface area contributed by atoms with E-state index in [9.17, 15) is 14.9 Å². The van der Waals surface area contributed by atoms with Crippen molar-refractivity contribution in [1.29, 1.82) is 5.26 Å². The Morgan fingerprint density at radius 1 is 1.41 bits per heavy atom. The molecule has 1 amide bonds. The number of hydrogen-bond donors (Lipinski definition) is 1. The van der Waals surface area contributed by atoms with Gasteiger partial charge in [-0.2, -0.15) is 5.26 Å².